The number of hydrogen-bond acceptors (Lipinski definition) is 2. The van der Waals surface area contributed by atoms with Crippen LogP contribution >= 0.6 is 33.2 Å². The molecule has 2 nitrogen and oxygen atoms in total. The van der Waals surface area contributed by atoms with Crippen molar-refractivity contribution in [2.45, 2.75) is 0 Å². The number of hydrogen-bond donors (Lipinski definition) is 0. The van der Waals surface area contributed by atoms with Gasteiger partial charge >= 0.3 is 17.5 Å². The van der Waals surface area contributed by atoms with Crippen molar-refractivity contribution in [3.8, 4) is 0 Å². The molecule has 0 fully saturated rings. The fourth-order valence-corrected chi connectivity index (χ4v) is 0.385. The Morgan fingerprint density at radius 2 is 0.727 bits per heavy atom. The maximum atomic E-state index is 8.35. The van der Waals surface area contributed by atoms with Gasteiger partial charge in [0.15, 0.2) is 0 Å². The molecule has 0 aromatic heterocycles. The molecule has 0 saturated heterocycles. The van der Waals surface area contributed by atoms with Gasteiger partial charge in [0, 0.05) is 0 Å². The molecule has 0 N–H and O–H groups in total. The van der Waals surface area contributed by atoms with Crippen LogP contribution in [0.2, 0.25) is 0 Å². The van der Waals surface area contributed by atoms with Crippen LogP contribution in [-0.2, 0) is 9.13 Å². The Balaban J connectivity index is -0.000000116. The van der Waals surface area contributed by atoms with E-state index in [9.17, 15) is 0 Å². The molecular weight excluding hydrogens is 206 g/mol. The Hall–Kier alpha value is -0.170. The van der Waals surface area contributed by atoms with E-state index in [2.05, 4.69) is 0 Å². The normalized spacial score (nSPS) is 5.09. The Bertz CT molecular complexity index is 148. The van der Waals surface area contributed by atoms with Crippen molar-refractivity contribution in [1.29, 1.82) is 0 Å². The Morgan fingerprint density at radius 1 is 0.636 bits per heavy atom. The summed E-state index contributed by atoms with van der Waals surface area (Å²) < 4.78 is 16.7. The van der Waals surface area contributed by atoms with Crippen LogP contribution in [0.25, 0.3) is 0 Å². The minimum absolute atomic E-state index is 0. The van der Waals surface area contributed by atoms with E-state index in [0.29, 0.717) is 0 Å². The SMILES string of the molecule is Cl.Cl.O=[P]=O.c1ccccc1. The standard InChI is InChI=1S/C6H6.2ClH.O2P/c1-2-4-6-5-3-1;;;1-3-2/h1-6H;2*1H;. The monoisotopic (exact) mass is 213 g/mol. The third kappa shape index (κ3) is 17.7. The summed E-state index contributed by atoms with van der Waals surface area (Å²) in [5, 5.41) is 0. The van der Waals surface area contributed by atoms with Crippen LogP contribution in [0.5, 0.6) is 0 Å². The Morgan fingerprint density at radius 3 is 0.818 bits per heavy atom. The summed E-state index contributed by atoms with van der Waals surface area (Å²) in [6.45, 7) is 0. The van der Waals surface area contributed by atoms with Gasteiger partial charge in [0.2, 0.25) is 0 Å². The maximum Gasteiger partial charge on any atom is -0.0623 e. The number of rotatable bonds is 0. The minimum Gasteiger partial charge on any atom is -0.0623 e. The zero-order valence-corrected chi connectivity index (χ0v) is 8.07. The molecule has 1 radical (unpaired) electrons. The third-order valence-corrected chi connectivity index (χ3v) is 0.667. The first-order valence-corrected chi connectivity index (χ1v) is 3.10. The first kappa shape index (κ1) is 17.1. The van der Waals surface area contributed by atoms with Gasteiger partial charge in [-0.1, -0.05) is 36.4 Å². The van der Waals surface area contributed by atoms with Crippen LogP contribution in [-0.4, -0.2) is 0 Å². The van der Waals surface area contributed by atoms with Gasteiger partial charge in [0.05, 0.1) is 0 Å². The molecule has 0 aliphatic carbocycles. The molecule has 0 aliphatic rings. The van der Waals surface area contributed by atoms with Crippen LogP contribution in [0.1, 0.15) is 0 Å². The average Bonchev–Trinajstić information content (AvgIpc) is 1.93. The van der Waals surface area contributed by atoms with Crippen LogP contribution in [0.3, 0.4) is 0 Å². The minimum atomic E-state index is -1.08. The first-order chi connectivity index (χ1) is 4.41. The molecule has 1 aromatic carbocycles. The second kappa shape index (κ2) is 16.4. The molecular formula is C6H8Cl2O2P. The van der Waals surface area contributed by atoms with Crippen molar-refractivity contribution < 1.29 is 9.13 Å². The molecule has 0 atom stereocenters. The van der Waals surface area contributed by atoms with E-state index in [-0.39, 0.29) is 24.8 Å². The summed E-state index contributed by atoms with van der Waals surface area (Å²) in [7, 11) is -1.08. The molecule has 1 rings (SSSR count). The predicted octanol–water partition coefficient (Wildman–Crippen LogP) is 3.15. The van der Waals surface area contributed by atoms with Crippen molar-refractivity contribution in [2.24, 2.45) is 0 Å². The molecule has 0 unspecified atom stereocenters. The van der Waals surface area contributed by atoms with E-state index < -0.39 is 8.34 Å². The average molecular weight is 214 g/mol. The number of halogens is 2. The molecule has 5 heteroatoms. The summed E-state index contributed by atoms with van der Waals surface area (Å²) in [5.74, 6) is 0. The van der Waals surface area contributed by atoms with E-state index in [4.69, 9.17) is 9.13 Å². The van der Waals surface area contributed by atoms with Gasteiger partial charge in [-0.15, -0.1) is 24.8 Å². The van der Waals surface area contributed by atoms with E-state index in [0.717, 1.165) is 0 Å². The van der Waals surface area contributed by atoms with E-state index >= 15 is 0 Å². The van der Waals surface area contributed by atoms with E-state index in [1.807, 2.05) is 36.4 Å². The van der Waals surface area contributed by atoms with Crippen molar-refractivity contribution >= 4 is 33.2 Å². The third-order valence-electron chi connectivity index (χ3n) is 0.667. The molecule has 0 heterocycles. The summed E-state index contributed by atoms with van der Waals surface area (Å²) in [5.41, 5.74) is 0. The van der Waals surface area contributed by atoms with Crippen molar-refractivity contribution in [1.82, 2.24) is 0 Å². The largest absolute Gasteiger partial charge is 0.0623 e. The molecule has 0 spiro atoms. The smallest absolute Gasteiger partial charge is 0.0623 e. The second-order valence-corrected chi connectivity index (χ2v) is 1.38. The molecule has 1 aromatic rings. The molecule has 0 saturated carbocycles. The topological polar surface area (TPSA) is 34.1 Å². The van der Waals surface area contributed by atoms with Gasteiger partial charge in [0.25, 0.3) is 0 Å². The fraction of sp³-hybridized carbons (Fsp3) is 0. The van der Waals surface area contributed by atoms with Crippen molar-refractivity contribution in [3.05, 3.63) is 36.4 Å². The van der Waals surface area contributed by atoms with Gasteiger partial charge < -0.3 is 0 Å². The van der Waals surface area contributed by atoms with Crippen LogP contribution < -0.4 is 0 Å². The maximum absolute atomic E-state index is 8.35. The molecule has 11 heavy (non-hydrogen) atoms. The molecule has 0 aliphatic heterocycles. The second-order valence-electron chi connectivity index (χ2n) is 1.23. The summed E-state index contributed by atoms with van der Waals surface area (Å²) in [6.07, 6.45) is 0. The summed E-state index contributed by atoms with van der Waals surface area (Å²) in [4.78, 5) is 0. The van der Waals surface area contributed by atoms with Crippen molar-refractivity contribution in [2.75, 3.05) is 0 Å². The van der Waals surface area contributed by atoms with Gasteiger partial charge in [-0.3, -0.25) is 0 Å². The zero-order chi connectivity index (χ0) is 6.95. The Labute approximate surface area is 79.1 Å². The molecule has 0 amide bonds. The van der Waals surface area contributed by atoms with E-state index in [1.54, 1.807) is 0 Å². The summed E-state index contributed by atoms with van der Waals surface area (Å²) in [6, 6.07) is 12.0. The van der Waals surface area contributed by atoms with Gasteiger partial charge in [-0.25, -0.2) is 0 Å². The van der Waals surface area contributed by atoms with Gasteiger partial charge in [-0.05, 0) is 0 Å². The predicted molar refractivity (Wildman–Crippen MR) is 49.2 cm³/mol. The van der Waals surface area contributed by atoms with Gasteiger partial charge in [0.1, 0.15) is 0 Å². The van der Waals surface area contributed by atoms with Crippen LogP contribution in [0.4, 0.5) is 0 Å². The Kier molecular flexibility index (Phi) is 25.5. The molecule has 63 valence electrons. The number of benzene rings is 1. The van der Waals surface area contributed by atoms with Crippen LogP contribution in [0, 0.1) is 0 Å². The van der Waals surface area contributed by atoms with Crippen molar-refractivity contribution in [3.63, 3.8) is 0 Å². The zero-order valence-electron chi connectivity index (χ0n) is 5.54. The first-order valence-electron chi connectivity index (χ1n) is 2.37. The van der Waals surface area contributed by atoms with E-state index in [1.165, 1.54) is 0 Å². The summed E-state index contributed by atoms with van der Waals surface area (Å²) >= 11 is 0. The quantitative estimate of drug-likeness (QED) is 0.621. The van der Waals surface area contributed by atoms with Crippen LogP contribution in [0.15, 0.2) is 36.4 Å². The van der Waals surface area contributed by atoms with Gasteiger partial charge in [-0.2, -0.15) is 0 Å². The fourth-order valence-electron chi connectivity index (χ4n) is 0.385. The molecule has 0 bridgehead atoms.